The van der Waals surface area contributed by atoms with Gasteiger partial charge in [0, 0.05) is 19.3 Å². The lowest BCUT2D eigenvalue weighted by atomic mass is 10.0. The fourth-order valence-corrected chi connectivity index (χ4v) is 6.78. The number of carboxylic acids is 1. The largest absolute Gasteiger partial charge is 0.477 e. The van der Waals surface area contributed by atoms with E-state index in [-0.39, 0.29) is 36.2 Å². The van der Waals surface area contributed by atoms with Crippen molar-refractivity contribution < 1.29 is 38.2 Å². The van der Waals surface area contributed by atoms with Crippen molar-refractivity contribution in [2.45, 2.75) is 212 Å². The monoisotopic (exact) mass is 817 g/mol. The molecule has 0 aliphatic rings. The Balaban J connectivity index is 4.31. The number of nitrogens with zero attached hydrogens (tertiary/aromatic N) is 1. The second-order valence-electron chi connectivity index (χ2n) is 17.0. The second-order valence-corrected chi connectivity index (χ2v) is 17.0. The summed E-state index contributed by atoms with van der Waals surface area (Å²) in [6.07, 6.45) is 48.6. The first kappa shape index (κ1) is 55.3. The van der Waals surface area contributed by atoms with Crippen LogP contribution in [0.5, 0.6) is 0 Å². The fourth-order valence-electron chi connectivity index (χ4n) is 6.78. The molecule has 8 nitrogen and oxygen atoms in total. The molecule has 0 saturated heterocycles. The minimum absolute atomic E-state index is 0.0561. The Morgan fingerprint density at radius 3 is 1.38 bits per heavy atom. The van der Waals surface area contributed by atoms with Gasteiger partial charge in [0.1, 0.15) is 6.61 Å². The first-order chi connectivity index (χ1) is 28.1. The van der Waals surface area contributed by atoms with Gasteiger partial charge in [-0.05, 0) is 57.8 Å². The average Bonchev–Trinajstić information content (AvgIpc) is 3.18. The molecule has 0 aliphatic carbocycles. The Morgan fingerprint density at radius 2 is 0.914 bits per heavy atom. The summed E-state index contributed by atoms with van der Waals surface area (Å²) in [4.78, 5) is 37.0. The highest BCUT2D eigenvalue weighted by atomic mass is 16.6. The normalized spacial score (nSPS) is 13.3. The van der Waals surface area contributed by atoms with Gasteiger partial charge in [-0.15, -0.1) is 0 Å². The molecule has 2 atom stereocenters. The van der Waals surface area contributed by atoms with Gasteiger partial charge >= 0.3 is 17.9 Å². The van der Waals surface area contributed by atoms with Gasteiger partial charge in [0.25, 0.3) is 0 Å². The van der Waals surface area contributed by atoms with E-state index in [1.54, 1.807) is 0 Å². The molecule has 0 aliphatic heterocycles. The van der Waals surface area contributed by atoms with Crippen LogP contribution >= 0.6 is 0 Å². The van der Waals surface area contributed by atoms with E-state index in [4.69, 9.17) is 14.2 Å². The van der Waals surface area contributed by atoms with E-state index in [0.29, 0.717) is 19.3 Å². The van der Waals surface area contributed by atoms with E-state index in [1.165, 1.54) is 89.9 Å². The van der Waals surface area contributed by atoms with Gasteiger partial charge in [-0.3, -0.25) is 9.59 Å². The quantitative estimate of drug-likeness (QED) is 0.0283. The van der Waals surface area contributed by atoms with E-state index in [9.17, 15) is 19.5 Å². The van der Waals surface area contributed by atoms with Crippen LogP contribution in [0.3, 0.4) is 0 Å². The van der Waals surface area contributed by atoms with Gasteiger partial charge in [-0.25, -0.2) is 4.79 Å². The summed E-state index contributed by atoms with van der Waals surface area (Å²) >= 11 is 0. The van der Waals surface area contributed by atoms with Crippen molar-refractivity contribution in [3.8, 4) is 0 Å². The Labute approximate surface area is 356 Å². The van der Waals surface area contributed by atoms with Gasteiger partial charge < -0.3 is 23.8 Å². The van der Waals surface area contributed by atoms with E-state index in [0.717, 1.165) is 77.0 Å². The number of ether oxygens (including phenoxy) is 3. The molecule has 0 bridgehead atoms. The van der Waals surface area contributed by atoms with Gasteiger partial charge in [-0.2, -0.15) is 0 Å². The predicted molar refractivity (Wildman–Crippen MR) is 243 cm³/mol. The zero-order valence-electron chi connectivity index (χ0n) is 38.2. The number of likely N-dealkylation sites (N-methyl/N-ethyl adjacent to an activating group) is 1. The Hall–Kier alpha value is -2.71. The average molecular weight is 817 g/mol. The number of esters is 2. The maximum Gasteiger partial charge on any atom is 0.362 e. The number of hydrogen-bond acceptors (Lipinski definition) is 6. The van der Waals surface area contributed by atoms with Crippen LogP contribution in [0.4, 0.5) is 0 Å². The lowest BCUT2D eigenvalue weighted by Crippen LogP contribution is -2.50. The SMILES string of the molecule is CCCCC/C=C/C/C=C/C/C=C/C/C=C/CCCCCCCC(=O)OCC(COCCC(C(=O)O)[N+](C)(C)C)OC(=O)CCCCCCCCCCCCCCC. The van der Waals surface area contributed by atoms with Crippen molar-refractivity contribution in [1.82, 2.24) is 0 Å². The van der Waals surface area contributed by atoms with E-state index in [2.05, 4.69) is 62.5 Å². The summed E-state index contributed by atoms with van der Waals surface area (Å²) in [5, 5.41) is 9.63. The van der Waals surface area contributed by atoms with Crippen LogP contribution in [0.25, 0.3) is 0 Å². The Bertz CT molecular complexity index is 1090. The van der Waals surface area contributed by atoms with Crippen LogP contribution in [0.1, 0.15) is 200 Å². The highest BCUT2D eigenvalue weighted by Crippen LogP contribution is 2.15. The number of unbranched alkanes of at least 4 members (excludes halogenated alkanes) is 20. The van der Waals surface area contributed by atoms with E-state index in [1.807, 2.05) is 21.1 Å². The molecule has 2 unspecified atom stereocenters. The lowest BCUT2D eigenvalue weighted by Gasteiger charge is -2.31. The number of rotatable bonds is 42. The smallest absolute Gasteiger partial charge is 0.362 e. The van der Waals surface area contributed by atoms with Crippen molar-refractivity contribution in [1.29, 1.82) is 0 Å². The summed E-state index contributed by atoms with van der Waals surface area (Å²) < 4.78 is 17.3. The summed E-state index contributed by atoms with van der Waals surface area (Å²) in [6, 6.07) is -0.617. The Kier molecular flexibility index (Phi) is 39.1. The zero-order valence-corrected chi connectivity index (χ0v) is 38.2. The van der Waals surface area contributed by atoms with Crippen molar-refractivity contribution in [3.63, 3.8) is 0 Å². The first-order valence-corrected chi connectivity index (χ1v) is 23.7. The van der Waals surface area contributed by atoms with Crippen LogP contribution < -0.4 is 0 Å². The summed E-state index contributed by atoms with van der Waals surface area (Å²) in [5.74, 6) is -1.49. The van der Waals surface area contributed by atoms with Crippen LogP contribution in [0.15, 0.2) is 48.6 Å². The van der Waals surface area contributed by atoms with Crippen molar-refractivity contribution in [2.75, 3.05) is 41.0 Å². The summed E-state index contributed by atoms with van der Waals surface area (Å²) in [5.41, 5.74) is 0. The molecule has 0 fully saturated rings. The molecule has 0 aromatic carbocycles. The van der Waals surface area contributed by atoms with Gasteiger partial charge in [0.05, 0.1) is 34.4 Å². The number of hydrogen-bond donors (Lipinski definition) is 1. The lowest BCUT2D eigenvalue weighted by molar-refractivity contribution is -0.887. The molecule has 0 radical (unpaired) electrons. The molecular weight excluding hydrogens is 727 g/mol. The number of carbonyl (C=O) groups is 3. The molecule has 336 valence electrons. The second kappa shape index (κ2) is 41.0. The molecule has 0 saturated carbocycles. The number of aliphatic carboxylic acids is 1. The van der Waals surface area contributed by atoms with E-state index < -0.39 is 18.1 Å². The summed E-state index contributed by atoms with van der Waals surface area (Å²) in [6.45, 7) is 4.70. The highest BCUT2D eigenvalue weighted by Gasteiger charge is 2.31. The predicted octanol–water partition coefficient (Wildman–Crippen LogP) is 13.2. The Morgan fingerprint density at radius 1 is 0.517 bits per heavy atom. The number of carbonyl (C=O) groups excluding carboxylic acids is 2. The third kappa shape index (κ3) is 38.8. The molecule has 0 heterocycles. The fraction of sp³-hybridized carbons (Fsp3) is 0.780. The first-order valence-electron chi connectivity index (χ1n) is 23.7. The number of allylic oxidation sites excluding steroid dienone is 8. The topological polar surface area (TPSA) is 99.1 Å². The number of quaternary nitrogens is 1. The molecule has 0 aromatic rings. The van der Waals surface area contributed by atoms with Crippen molar-refractivity contribution in [3.05, 3.63) is 48.6 Å². The molecule has 0 spiro atoms. The molecule has 8 heteroatoms. The standard InChI is InChI=1S/C50H89NO7/c1-6-8-10-12-14-16-18-20-21-22-23-24-25-26-27-29-30-32-34-36-38-40-48(52)57-45-46(44-56-43-42-47(50(54)55)51(3,4)5)58-49(53)41-39-37-35-33-31-28-19-17-15-13-11-9-7-2/h14,16,20-21,23-24,26-27,46-47H,6-13,15,17-19,22,25,28-45H2,1-5H3/p+1/b16-14+,21-20+,24-23+,27-26+. The number of carboxylic acid groups (broad SMARTS) is 1. The highest BCUT2D eigenvalue weighted by molar-refractivity contribution is 5.72. The minimum Gasteiger partial charge on any atom is -0.477 e. The zero-order chi connectivity index (χ0) is 42.8. The van der Waals surface area contributed by atoms with Gasteiger partial charge in [0.15, 0.2) is 12.1 Å². The van der Waals surface area contributed by atoms with Gasteiger partial charge in [-0.1, -0.05) is 172 Å². The van der Waals surface area contributed by atoms with Crippen LogP contribution in [0, 0.1) is 0 Å². The third-order valence-electron chi connectivity index (χ3n) is 10.5. The molecule has 1 N–H and O–H groups in total. The molecule has 0 rings (SSSR count). The van der Waals surface area contributed by atoms with Crippen LogP contribution in [0.2, 0.25) is 0 Å². The van der Waals surface area contributed by atoms with Crippen LogP contribution in [-0.4, -0.2) is 80.6 Å². The molecular formula is C50H90NO7+. The minimum atomic E-state index is -0.878. The third-order valence-corrected chi connectivity index (χ3v) is 10.5. The molecule has 0 amide bonds. The van der Waals surface area contributed by atoms with Crippen molar-refractivity contribution >= 4 is 17.9 Å². The molecule has 58 heavy (non-hydrogen) atoms. The molecule has 0 aromatic heterocycles. The summed E-state index contributed by atoms with van der Waals surface area (Å²) in [7, 11) is 5.52. The maximum atomic E-state index is 12.7. The van der Waals surface area contributed by atoms with E-state index >= 15 is 0 Å². The maximum absolute atomic E-state index is 12.7. The van der Waals surface area contributed by atoms with Crippen molar-refractivity contribution in [2.24, 2.45) is 0 Å². The van der Waals surface area contributed by atoms with Gasteiger partial charge in [0.2, 0.25) is 0 Å². The van der Waals surface area contributed by atoms with Crippen LogP contribution in [-0.2, 0) is 28.6 Å².